The number of halogens is 1. The number of benzene rings is 1. The van der Waals surface area contributed by atoms with Gasteiger partial charge >= 0.3 is 0 Å². The van der Waals surface area contributed by atoms with Gasteiger partial charge in [0.25, 0.3) is 0 Å². The Morgan fingerprint density at radius 3 is 3.15 bits per heavy atom. The maximum atomic E-state index is 13.2. The van der Waals surface area contributed by atoms with Crippen molar-refractivity contribution < 1.29 is 9.13 Å². The van der Waals surface area contributed by atoms with Crippen LogP contribution in [0.3, 0.4) is 0 Å². The van der Waals surface area contributed by atoms with Crippen molar-refractivity contribution in [3.63, 3.8) is 0 Å². The van der Waals surface area contributed by atoms with E-state index in [2.05, 4.69) is 5.32 Å². The molecule has 1 aromatic rings. The van der Waals surface area contributed by atoms with E-state index in [0.717, 1.165) is 6.54 Å². The largest absolute Gasteiger partial charge is 0.488 e. The van der Waals surface area contributed by atoms with Crippen molar-refractivity contribution in [3.05, 3.63) is 29.6 Å². The van der Waals surface area contributed by atoms with Gasteiger partial charge in [0.2, 0.25) is 0 Å². The van der Waals surface area contributed by atoms with Gasteiger partial charge in [-0.2, -0.15) is 0 Å². The number of likely N-dealkylation sites (N-methyl/N-ethyl adjacent to an activating group) is 1. The lowest BCUT2D eigenvalue weighted by atomic mass is 10.1. The Hall–Kier alpha value is -1.09. The summed E-state index contributed by atoms with van der Waals surface area (Å²) < 4.78 is 18.7. The Balaban J connectivity index is 2.20. The third kappa shape index (κ3) is 1.52. The quantitative estimate of drug-likeness (QED) is 0.743. The Labute approximate surface area is 76.7 Å². The highest BCUT2D eigenvalue weighted by Gasteiger charge is 2.24. The first-order valence-corrected chi connectivity index (χ1v) is 4.40. The number of hydrogen-bond acceptors (Lipinski definition) is 2. The molecule has 1 aromatic carbocycles. The maximum Gasteiger partial charge on any atom is 0.130 e. The van der Waals surface area contributed by atoms with Crippen LogP contribution in [-0.4, -0.2) is 19.7 Å². The van der Waals surface area contributed by atoms with Crippen molar-refractivity contribution in [2.24, 2.45) is 0 Å². The first kappa shape index (κ1) is 8.51. The Morgan fingerprint density at radius 2 is 2.46 bits per heavy atom. The molecule has 2 rings (SSSR count). The summed E-state index contributed by atoms with van der Waals surface area (Å²) in [5.41, 5.74) is 0.711. The predicted molar refractivity (Wildman–Crippen MR) is 48.4 cm³/mol. The van der Waals surface area contributed by atoms with Crippen LogP contribution in [0, 0.1) is 5.82 Å². The first-order valence-electron chi connectivity index (χ1n) is 4.40. The van der Waals surface area contributed by atoms with E-state index in [0.29, 0.717) is 17.7 Å². The van der Waals surface area contributed by atoms with E-state index in [1.54, 1.807) is 6.07 Å². The molecule has 0 bridgehead atoms. The van der Waals surface area contributed by atoms with E-state index in [9.17, 15) is 4.39 Å². The van der Waals surface area contributed by atoms with Crippen molar-refractivity contribution in [1.29, 1.82) is 0 Å². The van der Waals surface area contributed by atoms with E-state index >= 15 is 0 Å². The average Bonchev–Trinajstić information content (AvgIpc) is 2.49. The second-order valence-corrected chi connectivity index (χ2v) is 3.22. The molecule has 1 atom stereocenters. The van der Waals surface area contributed by atoms with Crippen molar-refractivity contribution in [2.75, 3.05) is 13.6 Å². The monoisotopic (exact) mass is 181 g/mol. The summed E-state index contributed by atoms with van der Waals surface area (Å²) in [5.74, 6) is 0.538. The van der Waals surface area contributed by atoms with E-state index in [1.807, 2.05) is 13.1 Å². The van der Waals surface area contributed by atoms with Gasteiger partial charge in [-0.1, -0.05) is 6.07 Å². The van der Waals surface area contributed by atoms with Gasteiger partial charge in [0.15, 0.2) is 0 Å². The highest BCUT2D eigenvalue weighted by atomic mass is 19.1. The number of hydrogen-bond donors (Lipinski definition) is 1. The van der Waals surface area contributed by atoms with E-state index in [-0.39, 0.29) is 11.9 Å². The topological polar surface area (TPSA) is 21.3 Å². The Kier molecular flexibility index (Phi) is 2.19. The van der Waals surface area contributed by atoms with E-state index in [4.69, 9.17) is 4.74 Å². The lowest BCUT2D eigenvalue weighted by Crippen LogP contribution is -2.27. The minimum atomic E-state index is -0.156. The standard InChI is InChI=1S/C10H12FNO/c1-12-6-7-5-8-9(11)3-2-4-10(8)13-7/h2-4,7,12H,5-6H2,1H3. The fourth-order valence-electron chi connectivity index (χ4n) is 1.64. The molecule has 3 heteroatoms. The highest BCUT2D eigenvalue weighted by molar-refractivity contribution is 5.38. The molecule has 0 aromatic heterocycles. The van der Waals surface area contributed by atoms with Crippen molar-refractivity contribution in [2.45, 2.75) is 12.5 Å². The summed E-state index contributed by atoms with van der Waals surface area (Å²) in [6.07, 6.45) is 0.750. The summed E-state index contributed by atoms with van der Waals surface area (Å²) in [6, 6.07) is 4.97. The second kappa shape index (κ2) is 3.34. The predicted octanol–water partition coefficient (Wildman–Crippen LogP) is 1.35. The molecule has 13 heavy (non-hydrogen) atoms. The van der Waals surface area contributed by atoms with Gasteiger partial charge in [0.05, 0.1) is 0 Å². The van der Waals surface area contributed by atoms with Crippen LogP contribution in [0.15, 0.2) is 18.2 Å². The minimum absolute atomic E-state index is 0.0805. The molecular formula is C10H12FNO. The molecule has 1 N–H and O–H groups in total. The Bertz CT molecular complexity index is 314. The van der Waals surface area contributed by atoms with Crippen LogP contribution in [0.5, 0.6) is 5.75 Å². The van der Waals surface area contributed by atoms with E-state index in [1.165, 1.54) is 6.07 Å². The summed E-state index contributed by atoms with van der Waals surface area (Å²) in [7, 11) is 1.86. The number of fused-ring (bicyclic) bond motifs is 1. The van der Waals surface area contributed by atoms with Crippen molar-refractivity contribution in [1.82, 2.24) is 5.32 Å². The van der Waals surface area contributed by atoms with Gasteiger partial charge in [-0.05, 0) is 19.2 Å². The zero-order chi connectivity index (χ0) is 9.26. The van der Waals surface area contributed by atoms with Crippen LogP contribution in [0.25, 0.3) is 0 Å². The number of nitrogens with one attached hydrogen (secondary N) is 1. The van der Waals surface area contributed by atoms with Crippen LogP contribution in [0.1, 0.15) is 5.56 Å². The lowest BCUT2D eigenvalue weighted by molar-refractivity contribution is 0.231. The van der Waals surface area contributed by atoms with Gasteiger partial charge < -0.3 is 10.1 Å². The molecule has 0 saturated heterocycles. The molecule has 1 heterocycles. The molecule has 1 unspecified atom stereocenters. The fourth-order valence-corrected chi connectivity index (χ4v) is 1.64. The fraction of sp³-hybridized carbons (Fsp3) is 0.400. The normalized spacial score (nSPS) is 19.7. The van der Waals surface area contributed by atoms with Crippen LogP contribution >= 0.6 is 0 Å². The smallest absolute Gasteiger partial charge is 0.130 e. The van der Waals surface area contributed by atoms with Crippen LogP contribution < -0.4 is 10.1 Å². The molecule has 1 aliphatic heterocycles. The summed E-state index contributed by atoms with van der Waals surface area (Å²) in [5, 5.41) is 3.02. The van der Waals surface area contributed by atoms with Gasteiger partial charge in [-0.3, -0.25) is 0 Å². The molecule has 2 nitrogen and oxygen atoms in total. The summed E-state index contributed by atoms with van der Waals surface area (Å²) in [6.45, 7) is 0.758. The molecule has 0 fully saturated rings. The zero-order valence-corrected chi connectivity index (χ0v) is 7.51. The molecule has 0 amide bonds. The molecule has 70 valence electrons. The van der Waals surface area contributed by atoms with Crippen LogP contribution in [-0.2, 0) is 6.42 Å². The lowest BCUT2D eigenvalue weighted by Gasteiger charge is -2.08. The summed E-state index contributed by atoms with van der Waals surface area (Å²) in [4.78, 5) is 0. The van der Waals surface area contributed by atoms with Crippen molar-refractivity contribution in [3.8, 4) is 5.75 Å². The SMILES string of the molecule is CNCC1Cc2c(F)cccc2O1. The zero-order valence-electron chi connectivity index (χ0n) is 7.51. The third-order valence-corrected chi connectivity index (χ3v) is 2.23. The average molecular weight is 181 g/mol. The number of rotatable bonds is 2. The van der Waals surface area contributed by atoms with Gasteiger partial charge in [-0.15, -0.1) is 0 Å². The number of ether oxygens (including phenoxy) is 1. The van der Waals surface area contributed by atoms with Gasteiger partial charge in [0, 0.05) is 18.5 Å². The van der Waals surface area contributed by atoms with Gasteiger partial charge in [-0.25, -0.2) is 4.39 Å². The maximum absolute atomic E-state index is 13.2. The highest BCUT2D eigenvalue weighted by Crippen LogP contribution is 2.30. The molecular weight excluding hydrogens is 169 g/mol. The Morgan fingerprint density at radius 1 is 1.62 bits per heavy atom. The van der Waals surface area contributed by atoms with Crippen LogP contribution in [0.2, 0.25) is 0 Å². The molecule has 1 aliphatic rings. The van der Waals surface area contributed by atoms with Crippen LogP contribution in [0.4, 0.5) is 4.39 Å². The minimum Gasteiger partial charge on any atom is -0.488 e. The molecule has 0 saturated carbocycles. The molecule has 0 radical (unpaired) electrons. The molecule has 0 aliphatic carbocycles. The van der Waals surface area contributed by atoms with Gasteiger partial charge in [0.1, 0.15) is 17.7 Å². The molecule has 0 spiro atoms. The third-order valence-electron chi connectivity index (χ3n) is 2.23. The van der Waals surface area contributed by atoms with E-state index < -0.39 is 0 Å². The van der Waals surface area contributed by atoms with Crippen molar-refractivity contribution >= 4 is 0 Å². The summed E-state index contributed by atoms with van der Waals surface area (Å²) >= 11 is 0. The second-order valence-electron chi connectivity index (χ2n) is 3.22. The first-order chi connectivity index (χ1) is 6.31.